The monoisotopic (exact) mass is 274 g/mol. The number of nitrogens with zero attached hydrogens (tertiary/aromatic N) is 2. The minimum Gasteiger partial charge on any atom is -0.373 e. The van der Waals surface area contributed by atoms with Crippen LogP contribution in [-0.4, -0.2) is 47.9 Å². The molecule has 0 unspecified atom stereocenters. The summed E-state index contributed by atoms with van der Waals surface area (Å²) in [5.74, 6) is 0. The molecule has 1 aliphatic heterocycles. The van der Waals surface area contributed by atoms with Gasteiger partial charge in [-0.15, -0.1) is 6.58 Å². The molecule has 0 bridgehead atoms. The number of fused-ring (bicyclic) bond motifs is 1. The minimum atomic E-state index is 0.209. The van der Waals surface area contributed by atoms with E-state index in [4.69, 9.17) is 9.47 Å². The summed E-state index contributed by atoms with van der Waals surface area (Å²) in [6.07, 6.45) is 8.23. The van der Waals surface area contributed by atoms with E-state index in [1.54, 1.807) is 0 Å². The molecule has 4 heteroatoms. The molecule has 1 saturated heterocycles. The van der Waals surface area contributed by atoms with Gasteiger partial charge in [-0.2, -0.15) is 0 Å². The largest absolute Gasteiger partial charge is 0.373 e. The predicted molar refractivity (Wildman–Crippen MR) is 77.3 cm³/mol. The molecule has 2 heterocycles. The van der Waals surface area contributed by atoms with Crippen LogP contribution < -0.4 is 0 Å². The van der Waals surface area contributed by atoms with E-state index in [1.165, 1.54) is 5.56 Å². The Hall–Kier alpha value is -1.23. The van der Waals surface area contributed by atoms with Gasteiger partial charge in [0, 0.05) is 31.5 Å². The molecule has 108 valence electrons. The van der Waals surface area contributed by atoms with Crippen LogP contribution in [0.4, 0.5) is 0 Å². The molecule has 2 aliphatic rings. The third-order valence-corrected chi connectivity index (χ3v) is 4.19. The lowest BCUT2D eigenvalue weighted by Gasteiger charge is -2.39. The third-order valence-electron chi connectivity index (χ3n) is 4.19. The molecular weight excluding hydrogens is 252 g/mol. The Morgan fingerprint density at radius 1 is 1.50 bits per heavy atom. The van der Waals surface area contributed by atoms with Crippen LogP contribution >= 0.6 is 0 Å². The molecule has 4 nitrogen and oxygen atoms in total. The molecule has 0 amide bonds. The van der Waals surface area contributed by atoms with Crippen molar-refractivity contribution in [2.75, 3.05) is 19.8 Å². The number of aromatic nitrogens is 1. The molecule has 3 atom stereocenters. The van der Waals surface area contributed by atoms with Crippen LogP contribution in [0.3, 0.4) is 0 Å². The minimum absolute atomic E-state index is 0.209. The van der Waals surface area contributed by atoms with Crippen LogP contribution in [0.5, 0.6) is 0 Å². The van der Waals surface area contributed by atoms with Crippen molar-refractivity contribution in [3.8, 4) is 0 Å². The van der Waals surface area contributed by atoms with E-state index in [0.717, 1.165) is 32.5 Å². The van der Waals surface area contributed by atoms with Gasteiger partial charge in [-0.3, -0.25) is 9.88 Å². The average molecular weight is 274 g/mol. The highest BCUT2D eigenvalue weighted by molar-refractivity contribution is 5.09. The van der Waals surface area contributed by atoms with Gasteiger partial charge < -0.3 is 9.47 Å². The molecule has 0 radical (unpaired) electrons. The molecule has 0 spiro atoms. The molecule has 20 heavy (non-hydrogen) atoms. The zero-order valence-electron chi connectivity index (χ0n) is 11.8. The van der Waals surface area contributed by atoms with Gasteiger partial charge >= 0.3 is 0 Å². The van der Waals surface area contributed by atoms with Gasteiger partial charge in [-0.1, -0.05) is 12.1 Å². The first-order valence-corrected chi connectivity index (χ1v) is 7.35. The van der Waals surface area contributed by atoms with Gasteiger partial charge in [0.15, 0.2) is 0 Å². The van der Waals surface area contributed by atoms with Gasteiger partial charge in [0.05, 0.1) is 25.4 Å². The quantitative estimate of drug-likeness (QED) is 0.769. The second-order valence-electron chi connectivity index (χ2n) is 5.47. The van der Waals surface area contributed by atoms with Crippen LogP contribution in [0.2, 0.25) is 0 Å². The molecular formula is C16H22N2O2. The van der Waals surface area contributed by atoms with Crippen LogP contribution in [0.15, 0.2) is 37.2 Å². The molecule has 0 aromatic carbocycles. The third kappa shape index (κ3) is 2.92. The number of rotatable bonds is 5. The van der Waals surface area contributed by atoms with Crippen molar-refractivity contribution >= 4 is 0 Å². The van der Waals surface area contributed by atoms with Crippen LogP contribution in [0.25, 0.3) is 0 Å². The second kappa shape index (κ2) is 6.48. The fraction of sp³-hybridized carbons (Fsp3) is 0.562. The number of ether oxygens (including phenoxy) is 2. The summed E-state index contributed by atoms with van der Waals surface area (Å²) in [6, 6.07) is 4.61. The lowest BCUT2D eigenvalue weighted by atomic mass is 10.1. The molecule has 1 aromatic rings. The summed E-state index contributed by atoms with van der Waals surface area (Å²) < 4.78 is 11.8. The second-order valence-corrected chi connectivity index (χ2v) is 5.47. The Balaban J connectivity index is 1.64. The maximum absolute atomic E-state index is 5.96. The average Bonchev–Trinajstić information content (AvgIpc) is 2.90. The SMILES string of the molecule is C=CCO[C@@H]1CC[C@H]2[C@H]1OCCN2Cc1cccnc1. The van der Waals surface area contributed by atoms with Crippen LogP contribution in [-0.2, 0) is 16.0 Å². The van der Waals surface area contributed by atoms with Crippen molar-refractivity contribution in [2.45, 2.75) is 37.6 Å². The van der Waals surface area contributed by atoms with E-state index in [9.17, 15) is 0 Å². The molecule has 3 rings (SSSR count). The number of hydrogen-bond acceptors (Lipinski definition) is 4. The van der Waals surface area contributed by atoms with Crippen molar-refractivity contribution in [2.24, 2.45) is 0 Å². The summed E-state index contributed by atoms with van der Waals surface area (Å²) >= 11 is 0. The molecule has 1 aromatic heterocycles. The zero-order valence-corrected chi connectivity index (χ0v) is 11.8. The lowest BCUT2D eigenvalue weighted by molar-refractivity contribution is -0.111. The molecule has 0 N–H and O–H groups in total. The maximum atomic E-state index is 5.96. The summed E-state index contributed by atoms with van der Waals surface area (Å²) in [7, 11) is 0. The first-order chi connectivity index (χ1) is 9.88. The predicted octanol–water partition coefficient (Wildman–Crippen LogP) is 2.02. The van der Waals surface area contributed by atoms with E-state index in [-0.39, 0.29) is 12.2 Å². The summed E-state index contributed by atoms with van der Waals surface area (Å²) in [4.78, 5) is 6.71. The number of pyridine rings is 1. The Bertz CT molecular complexity index is 437. The van der Waals surface area contributed by atoms with Crippen molar-refractivity contribution < 1.29 is 9.47 Å². The topological polar surface area (TPSA) is 34.6 Å². The Morgan fingerprint density at radius 3 is 3.25 bits per heavy atom. The summed E-state index contributed by atoms with van der Waals surface area (Å²) in [6.45, 7) is 7.05. The van der Waals surface area contributed by atoms with Crippen molar-refractivity contribution in [1.82, 2.24) is 9.88 Å². The van der Waals surface area contributed by atoms with E-state index in [0.29, 0.717) is 12.6 Å². The first-order valence-electron chi connectivity index (χ1n) is 7.35. The van der Waals surface area contributed by atoms with Gasteiger partial charge in [0.25, 0.3) is 0 Å². The van der Waals surface area contributed by atoms with Crippen molar-refractivity contribution in [1.29, 1.82) is 0 Å². The normalized spacial score (nSPS) is 30.1. The van der Waals surface area contributed by atoms with E-state index < -0.39 is 0 Å². The van der Waals surface area contributed by atoms with Gasteiger partial charge in [-0.05, 0) is 24.5 Å². The molecule has 1 saturated carbocycles. The Kier molecular flexibility index (Phi) is 4.45. The van der Waals surface area contributed by atoms with Crippen molar-refractivity contribution in [3.63, 3.8) is 0 Å². The van der Waals surface area contributed by atoms with E-state index in [1.807, 2.05) is 24.5 Å². The highest BCUT2D eigenvalue weighted by Crippen LogP contribution is 2.32. The highest BCUT2D eigenvalue weighted by atomic mass is 16.5. The lowest BCUT2D eigenvalue weighted by Crippen LogP contribution is -2.51. The van der Waals surface area contributed by atoms with Gasteiger partial charge in [0.2, 0.25) is 0 Å². The van der Waals surface area contributed by atoms with E-state index >= 15 is 0 Å². The van der Waals surface area contributed by atoms with E-state index in [2.05, 4.69) is 22.5 Å². The summed E-state index contributed by atoms with van der Waals surface area (Å²) in [5.41, 5.74) is 1.27. The molecule has 1 aliphatic carbocycles. The van der Waals surface area contributed by atoms with Gasteiger partial charge in [-0.25, -0.2) is 0 Å². The van der Waals surface area contributed by atoms with Crippen molar-refractivity contribution in [3.05, 3.63) is 42.7 Å². The zero-order chi connectivity index (χ0) is 13.8. The number of hydrogen-bond donors (Lipinski definition) is 0. The fourth-order valence-electron chi connectivity index (χ4n) is 3.28. The Labute approximate surface area is 120 Å². The molecule has 2 fully saturated rings. The van der Waals surface area contributed by atoms with Gasteiger partial charge in [0.1, 0.15) is 0 Å². The van der Waals surface area contributed by atoms with Crippen LogP contribution in [0, 0.1) is 0 Å². The van der Waals surface area contributed by atoms with Crippen LogP contribution in [0.1, 0.15) is 18.4 Å². The number of morpholine rings is 1. The maximum Gasteiger partial charge on any atom is 0.0992 e. The smallest absolute Gasteiger partial charge is 0.0992 e. The highest BCUT2D eigenvalue weighted by Gasteiger charge is 2.43. The summed E-state index contributed by atoms with van der Waals surface area (Å²) in [5, 5.41) is 0. The standard InChI is InChI=1S/C16H22N2O2/c1-2-9-19-15-6-5-14-16(15)20-10-8-18(14)12-13-4-3-7-17-11-13/h2-4,7,11,14-16H,1,5-6,8-10,12H2/t14-,15+,16+/m0/s1. The fourth-order valence-corrected chi connectivity index (χ4v) is 3.28. The Morgan fingerprint density at radius 2 is 2.45 bits per heavy atom. The first kappa shape index (κ1) is 13.7.